The predicted octanol–water partition coefficient (Wildman–Crippen LogP) is 4.27. The molecule has 0 aromatic heterocycles. The number of halogens is 1. The Morgan fingerprint density at radius 2 is 1.89 bits per heavy atom. The number of allylic oxidation sites excluding steroid dienone is 1. The highest BCUT2D eigenvalue weighted by molar-refractivity contribution is 6.30. The van der Waals surface area contributed by atoms with Crippen molar-refractivity contribution in [3.05, 3.63) is 76.5 Å². The zero-order valence-corrected chi connectivity index (χ0v) is 16.5. The van der Waals surface area contributed by atoms with E-state index in [2.05, 4.69) is 0 Å². The van der Waals surface area contributed by atoms with Gasteiger partial charge in [0.2, 0.25) is 0 Å². The van der Waals surface area contributed by atoms with Crippen LogP contribution in [0.25, 0.3) is 5.57 Å². The van der Waals surface area contributed by atoms with Gasteiger partial charge in [-0.1, -0.05) is 54.1 Å². The van der Waals surface area contributed by atoms with Crippen molar-refractivity contribution in [3.8, 4) is 0 Å². The van der Waals surface area contributed by atoms with E-state index in [0.29, 0.717) is 22.8 Å². The Hall–Kier alpha value is -2.30. The number of benzene rings is 2. The van der Waals surface area contributed by atoms with Crippen LogP contribution < -0.4 is 0 Å². The van der Waals surface area contributed by atoms with Gasteiger partial charge < -0.3 is 9.84 Å². The summed E-state index contributed by atoms with van der Waals surface area (Å²) in [5.74, 6) is 0.461. The van der Waals surface area contributed by atoms with Crippen LogP contribution in [0, 0.1) is 0 Å². The summed E-state index contributed by atoms with van der Waals surface area (Å²) in [6, 6.07) is 16.9. The largest absolute Gasteiger partial charge is 0.477 e. The smallest absolute Gasteiger partial charge is 0.261 e. The number of amides is 1. The van der Waals surface area contributed by atoms with Crippen molar-refractivity contribution in [2.24, 2.45) is 0 Å². The Labute approximate surface area is 165 Å². The highest BCUT2D eigenvalue weighted by Gasteiger charge is 2.41. The quantitative estimate of drug-likeness (QED) is 0.836. The van der Waals surface area contributed by atoms with Crippen LogP contribution in [0.15, 0.2) is 60.4 Å². The molecule has 3 rings (SSSR count). The fourth-order valence-electron chi connectivity index (χ4n) is 3.25. The van der Waals surface area contributed by atoms with Gasteiger partial charge >= 0.3 is 0 Å². The first-order chi connectivity index (χ1) is 12.8. The van der Waals surface area contributed by atoms with Gasteiger partial charge in [0.1, 0.15) is 5.76 Å². The first-order valence-corrected chi connectivity index (χ1v) is 9.32. The minimum absolute atomic E-state index is 0.112. The first kappa shape index (κ1) is 19.5. The lowest BCUT2D eigenvalue weighted by atomic mass is 9.88. The molecule has 1 unspecified atom stereocenters. The van der Waals surface area contributed by atoms with Gasteiger partial charge in [0.15, 0.2) is 6.73 Å². The van der Waals surface area contributed by atoms with Gasteiger partial charge in [0.25, 0.3) is 5.91 Å². The van der Waals surface area contributed by atoms with E-state index in [4.69, 9.17) is 16.3 Å². The normalized spacial score (nSPS) is 16.3. The van der Waals surface area contributed by atoms with E-state index in [1.165, 1.54) is 0 Å². The molecule has 1 amide bonds. The lowest BCUT2D eigenvalue weighted by Crippen LogP contribution is -2.57. The molecule has 142 valence electrons. The van der Waals surface area contributed by atoms with Crippen molar-refractivity contribution in [1.29, 1.82) is 0 Å². The van der Waals surface area contributed by atoms with Crippen LogP contribution in [0.4, 0.5) is 0 Å². The number of ether oxygens (including phenoxy) is 1. The second-order valence-electron chi connectivity index (χ2n) is 7.31. The Morgan fingerprint density at radius 3 is 2.56 bits per heavy atom. The Balaban J connectivity index is 1.85. The summed E-state index contributed by atoms with van der Waals surface area (Å²) in [4.78, 5) is 14.8. The molecule has 5 heteroatoms. The topological polar surface area (TPSA) is 49.8 Å². The second kappa shape index (κ2) is 7.75. The number of hydrogen-bond acceptors (Lipinski definition) is 3. The van der Waals surface area contributed by atoms with Gasteiger partial charge in [-0.3, -0.25) is 9.69 Å². The summed E-state index contributed by atoms with van der Waals surface area (Å²) < 4.78 is 5.79. The molecule has 0 aliphatic carbocycles. The molecule has 4 nitrogen and oxygen atoms in total. The maximum Gasteiger partial charge on any atom is 0.261 e. The predicted molar refractivity (Wildman–Crippen MR) is 107 cm³/mol. The van der Waals surface area contributed by atoms with Crippen molar-refractivity contribution in [2.45, 2.75) is 38.8 Å². The summed E-state index contributed by atoms with van der Waals surface area (Å²) in [6.07, 6.45) is -0.389. The molecule has 1 heterocycles. The van der Waals surface area contributed by atoms with Crippen LogP contribution in [0.3, 0.4) is 0 Å². The van der Waals surface area contributed by atoms with Crippen LogP contribution in [0.2, 0.25) is 5.02 Å². The molecule has 1 aliphatic rings. The molecule has 1 atom stereocenters. The maximum atomic E-state index is 13.2. The molecule has 2 aromatic rings. The molecule has 1 aliphatic heterocycles. The minimum atomic E-state index is -0.819. The molecule has 0 bridgehead atoms. The Bertz CT molecular complexity index is 861. The third-order valence-corrected chi connectivity index (χ3v) is 5.35. The van der Waals surface area contributed by atoms with Gasteiger partial charge in [0, 0.05) is 11.4 Å². The lowest BCUT2D eigenvalue weighted by Gasteiger charge is -2.44. The van der Waals surface area contributed by atoms with Gasteiger partial charge in [-0.05, 0) is 44.0 Å². The molecule has 0 saturated heterocycles. The third-order valence-electron chi connectivity index (χ3n) is 5.11. The highest BCUT2D eigenvalue weighted by Crippen LogP contribution is 2.32. The summed E-state index contributed by atoms with van der Waals surface area (Å²) >= 11 is 6.05. The van der Waals surface area contributed by atoms with Gasteiger partial charge in [-0.2, -0.15) is 0 Å². The minimum Gasteiger partial charge on any atom is -0.477 e. The number of hydrogen-bond donors (Lipinski definition) is 1. The fraction of sp³-hybridized carbons (Fsp3) is 0.318. The molecular weight excluding hydrogens is 362 g/mol. The molecule has 0 spiro atoms. The van der Waals surface area contributed by atoms with Gasteiger partial charge in [-0.25, -0.2) is 0 Å². The summed E-state index contributed by atoms with van der Waals surface area (Å²) in [6.45, 7) is 5.62. The van der Waals surface area contributed by atoms with Crippen molar-refractivity contribution < 1.29 is 14.6 Å². The number of aliphatic hydroxyl groups is 1. The highest BCUT2D eigenvalue weighted by atomic mass is 35.5. The van der Waals surface area contributed by atoms with Crippen LogP contribution in [-0.2, 0) is 16.0 Å². The van der Waals surface area contributed by atoms with Crippen molar-refractivity contribution in [3.63, 3.8) is 0 Å². The maximum absolute atomic E-state index is 13.2. The summed E-state index contributed by atoms with van der Waals surface area (Å²) in [5.41, 5.74) is 1.44. The second-order valence-corrected chi connectivity index (χ2v) is 7.74. The average molecular weight is 386 g/mol. The molecule has 0 fully saturated rings. The molecular formula is C22H24ClNO3. The molecule has 0 saturated carbocycles. The van der Waals surface area contributed by atoms with E-state index in [0.717, 1.165) is 11.1 Å². The number of aliphatic hydroxyl groups excluding tert-OH is 1. The molecule has 2 aromatic carbocycles. The van der Waals surface area contributed by atoms with Gasteiger partial charge in [0.05, 0.1) is 17.2 Å². The van der Waals surface area contributed by atoms with E-state index in [-0.39, 0.29) is 12.6 Å². The zero-order chi connectivity index (χ0) is 19.6. The Morgan fingerprint density at radius 1 is 1.19 bits per heavy atom. The van der Waals surface area contributed by atoms with Crippen molar-refractivity contribution in [1.82, 2.24) is 4.90 Å². The lowest BCUT2D eigenvalue weighted by molar-refractivity contribution is -0.145. The van der Waals surface area contributed by atoms with E-state index < -0.39 is 11.6 Å². The fourth-order valence-corrected chi connectivity index (χ4v) is 3.47. The molecule has 0 radical (unpaired) electrons. The number of carbonyl (C=O) groups is 1. The number of nitrogens with zero attached hydrogens (tertiary/aromatic N) is 1. The van der Waals surface area contributed by atoms with Crippen LogP contribution in [-0.4, -0.2) is 34.3 Å². The number of carbonyl (C=O) groups excluding carboxylic acids is 1. The van der Waals surface area contributed by atoms with E-state index in [1.807, 2.05) is 62.4 Å². The standard InChI is InChI=1S/C22H24ClNO3/c1-15-20(17-9-5-4-6-10-17)21(26)24(14-27-15)22(2,3)19(25)13-16-8-7-11-18(23)12-16/h4-12,19,25H,13-14H2,1-3H3. The Kier molecular flexibility index (Phi) is 5.59. The summed E-state index contributed by atoms with van der Waals surface area (Å²) in [7, 11) is 0. The van der Waals surface area contributed by atoms with E-state index >= 15 is 0 Å². The third kappa shape index (κ3) is 4.02. The van der Waals surface area contributed by atoms with Crippen molar-refractivity contribution in [2.75, 3.05) is 6.73 Å². The van der Waals surface area contributed by atoms with Gasteiger partial charge in [-0.15, -0.1) is 0 Å². The van der Waals surface area contributed by atoms with Crippen LogP contribution in [0.5, 0.6) is 0 Å². The average Bonchev–Trinajstić information content (AvgIpc) is 2.62. The zero-order valence-electron chi connectivity index (χ0n) is 15.8. The first-order valence-electron chi connectivity index (χ1n) is 8.94. The van der Waals surface area contributed by atoms with E-state index in [9.17, 15) is 9.90 Å². The molecule has 27 heavy (non-hydrogen) atoms. The van der Waals surface area contributed by atoms with Crippen LogP contribution in [0.1, 0.15) is 31.9 Å². The summed E-state index contributed by atoms with van der Waals surface area (Å²) in [5, 5.41) is 11.5. The molecule has 1 N–H and O–H groups in total. The van der Waals surface area contributed by atoms with Crippen molar-refractivity contribution >= 4 is 23.1 Å². The van der Waals surface area contributed by atoms with E-state index in [1.54, 1.807) is 17.9 Å². The van der Waals surface area contributed by atoms with Crippen LogP contribution >= 0.6 is 11.6 Å². The SMILES string of the molecule is CC1=C(c2ccccc2)C(=O)N(C(C)(C)C(O)Cc2cccc(Cl)c2)CO1. The number of rotatable bonds is 5. The monoisotopic (exact) mass is 385 g/mol.